The van der Waals surface area contributed by atoms with Gasteiger partial charge in [0.2, 0.25) is 5.91 Å². The zero-order chi connectivity index (χ0) is 13.0. The third-order valence-corrected chi connectivity index (χ3v) is 3.02. The van der Waals surface area contributed by atoms with Gasteiger partial charge in [-0.1, -0.05) is 18.2 Å². The van der Waals surface area contributed by atoms with E-state index in [0.29, 0.717) is 19.5 Å². The molecule has 1 aromatic rings. The van der Waals surface area contributed by atoms with Gasteiger partial charge in [-0.25, -0.2) is 0 Å². The average Bonchev–Trinajstić information content (AvgIpc) is 2.83. The van der Waals surface area contributed by atoms with Gasteiger partial charge in [-0.15, -0.1) is 0 Å². The summed E-state index contributed by atoms with van der Waals surface area (Å²) in [6.45, 7) is 1.05. The summed E-state index contributed by atoms with van der Waals surface area (Å²) < 4.78 is 5.20. The molecule has 1 N–H and O–H groups in total. The van der Waals surface area contributed by atoms with Crippen molar-refractivity contribution in [1.82, 2.24) is 4.90 Å². The van der Waals surface area contributed by atoms with Crippen LogP contribution in [-0.2, 0) is 4.79 Å². The van der Waals surface area contributed by atoms with Gasteiger partial charge in [0.25, 0.3) is 0 Å². The largest absolute Gasteiger partial charge is 0.496 e. The van der Waals surface area contributed by atoms with E-state index < -0.39 is 0 Å². The van der Waals surface area contributed by atoms with Crippen LogP contribution in [0.5, 0.6) is 5.75 Å². The van der Waals surface area contributed by atoms with Gasteiger partial charge in [0.15, 0.2) is 0 Å². The third kappa shape index (κ3) is 2.90. The van der Waals surface area contributed by atoms with Crippen molar-refractivity contribution < 1.29 is 14.6 Å². The number of hydrogen-bond donors (Lipinski definition) is 1. The van der Waals surface area contributed by atoms with Crippen LogP contribution < -0.4 is 4.74 Å². The Morgan fingerprint density at radius 2 is 2.28 bits per heavy atom. The fraction of sp³-hybridized carbons (Fsp3) is 0.357. The molecular weight excluding hydrogens is 230 g/mol. The average molecular weight is 247 g/mol. The summed E-state index contributed by atoms with van der Waals surface area (Å²) in [4.78, 5) is 13.5. The highest BCUT2D eigenvalue weighted by molar-refractivity contribution is 5.92. The van der Waals surface area contributed by atoms with Crippen molar-refractivity contribution in [3.8, 4) is 5.75 Å². The van der Waals surface area contributed by atoms with Crippen LogP contribution in [0.3, 0.4) is 0 Å². The van der Waals surface area contributed by atoms with Gasteiger partial charge in [-0.3, -0.25) is 4.79 Å². The Balaban J connectivity index is 2.04. The molecule has 18 heavy (non-hydrogen) atoms. The van der Waals surface area contributed by atoms with Gasteiger partial charge in [0.05, 0.1) is 13.2 Å². The second-order valence-electron chi connectivity index (χ2n) is 4.30. The molecule has 1 amide bonds. The first-order chi connectivity index (χ1) is 8.70. The predicted molar refractivity (Wildman–Crippen MR) is 69.2 cm³/mol. The molecule has 1 saturated heterocycles. The molecule has 0 aromatic heterocycles. The topological polar surface area (TPSA) is 49.8 Å². The molecule has 4 nitrogen and oxygen atoms in total. The molecule has 0 radical (unpaired) electrons. The molecular formula is C14H17NO3. The van der Waals surface area contributed by atoms with Crippen LogP contribution in [0.2, 0.25) is 0 Å². The number of β-amino-alcohol motifs (C(OH)–C–C–N with tert-alkyl or cyclic N) is 1. The van der Waals surface area contributed by atoms with Crippen molar-refractivity contribution in [1.29, 1.82) is 0 Å². The summed E-state index contributed by atoms with van der Waals surface area (Å²) in [5.74, 6) is 0.667. The maximum atomic E-state index is 11.9. The molecule has 1 atom stereocenters. The lowest BCUT2D eigenvalue weighted by molar-refractivity contribution is -0.125. The summed E-state index contributed by atoms with van der Waals surface area (Å²) in [7, 11) is 1.60. The molecule has 2 rings (SSSR count). The van der Waals surface area contributed by atoms with E-state index in [0.717, 1.165) is 11.3 Å². The molecule has 96 valence electrons. The first-order valence-corrected chi connectivity index (χ1v) is 5.99. The Labute approximate surface area is 106 Å². The number of para-hydroxylation sites is 1. The van der Waals surface area contributed by atoms with Gasteiger partial charge >= 0.3 is 0 Å². The number of nitrogens with zero attached hydrogens (tertiary/aromatic N) is 1. The van der Waals surface area contributed by atoms with Gasteiger partial charge in [0.1, 0.15) is 5.75 Å². The fourth-order valence-corrected chi connectivity index (χ4v) is 2.01. The second-order valence-corrected chi connectivity index (χ2v) is 4.30. The molecule has 4 heteroatoms. The standard InChI is InChI=1S/C14H17NO3/c1-18-13-5-3-2-4-11(13)6-7-14(17)15-9-8-12(16)10-15/h2-7,12,16H,8-10H2,1H3/t12-/m0/s1. The smallest absolute Gasteiger partial charge is 0.246 e. The molecule has 1 aliphatic heterocycles. The SMILES string of the molecule is COc1ccccc1C=CC(=O)N1CC[C@H](O)C1. The van der Waals surface area contributed by atoms with E-state index in [9.17, 15) is 9.90 Å². The predicted octanol–water partition coefficient (Wildman–Crippen LogP) is 1.30. The van der Waals surface area contributed by atoms with Gasteiger partial charge < -0.3 is 14.7 Å². The van der Waals surface area contributed by atoms with Gasteiger partial charge in [0, 0.05) is 24.7 Å². The number of methoxy groups -OCH3 is 1. The van der Waals surface area contributed by atoms with E-state index in [1.54, 1.807) is 18.1 Å². The molecule has 1 aliphatic rings. The van der Waals surface area contributed by atoms with Crippen LogP contribution in [0.15, 0.2) is 30.3 Å². The Kier molecular flexibility index (Phi) is 3.99. The Bertz CT molecular complexity index is 456. The molecule has 1 heterocycles. The lowest BCUT2D eigenvalue weighted by Gasteiger charge is -2.12. The van der Waals surface area contributed by atoms with Crippen LogP contribution in [0.25, 0.3) is 6.08 Å². The highest BCUT2D eigenvalue weighted by Crippen LogP contribution is 2.19. The van der Waals surface area contributed by atoms with E-state index >= 15 is 0 Å². The van der Waals surface area contributed by atoms with E-state index in [1.807, 2.05) is 24.3 Å². The minimum Gasteiger partial charge on any atom is -0.496 e. The number of rotatable bonds is 3. The van der Waals surface area contributed by atoms with Crippen LogP contribution >= 0.6 is 0 Å². The minimum absolute atomic E-state index is 0.0718. The maximum Gasteiger partial charge on any atom is 0.246 e. The Morgan fingerprint density at radius 3 is 2.94 bits per heavy atom. The van der Waals surface area contributed by atoms with Gasteiger partial charge in [-0.2, -0.15) is 0 Å². The minimum atomic E-state index is -0.381. The quantitative estimate of drug-likeness (QED) is 0.819. The highest BCUT2D eigenvalue weighted by Gasteiger charge is 2.22. The van der Waals surface area contributed by atoms with Crippen molar-refractivity contribution in [2.45, 2.75) is 12.5 Å². The summed E-state index contributed by atoms with van der Waals surface area (Å²) in [6.07, 6.45) is 3.55. The van der Waals surface area contributed by atoms with E-state index in [-0.39, 0.29) is 12.0 Å². The zero-order valence-electron chi connectivity index (χ0n) is 10.4. The molecule has 1 fully saturated rings. The number of aliphatic hydroxyl groups excluding tert-OH is 1. The number of ether oxygens (including phenoxy) is 1. The summed E-state index contributed by atoms with van der Waals surface area (Å²) in [5, 5.41) is 9.38. The molecule has 0 unspecified atom stereocenters. The van der Waals surface area contributed by atoms with Crippen molar-refractivity contribution in [3.05, 3.63) is 35.9 Å². The number of carbonyl (C=O) groups is 1. The summed E-state index contributed by atoms with van der Waals surface area (Å²) >= 11 is 0. The number of benzene rings is 1. The Morgan fingerprint density at radius 1 is 1.50 bits per heavy atom. The van der Waals surface area contributed by atoms with E-state index in [1.165, 1.54) is 6.08 Å². The van der Waals surface area contributed by atoms with E-state index in [4.69, 9.17) is 4.74 Å². The lowest BCUT2D eigenvalue weighted by Crippen LogP contribution is -2.27. The molecule has 1 aromatic carbocycles. The normalized spacial score (nSPS) is 19.4. The maximum absolute atomic E-state index is 11.9. The third-order valence-electron chi connectivity index (χ3n) is 3.02. The van der Waals surface area contributed by atoms with Crippen LogP contribution in [0, 0.1) is 0 Å². The fourth-order valence-electron chi connectivity index (χ4n) is 2.01. The Hall–Kier alpha value is -1.81. The zero-order valence-corrected chi connectivity index (χ0v) is 10.4. The van der Waals surface area contributed by atoms with Crippen LogP contribution in [0.1, 0.15) is 12.0 Å². The first-order valence-electron chi connectivity index (χ1n) is 5.99. The van der Waals surface area contributed by atoms with Crippen molar-refractivity contribution in [3.63, 3.8) is 0 Å². The first kappa shape index (κ1) is 12.6. The van der Waals surface area contributed by atoms with Gasteiger partial charge in [-0.05, 0) is 18.6 Å². The number of likely N-dealkylation sites (tertiary alicyclic amines) is 1. The molecule has 0 spiro atoms. The molecule has 0 aliphatic carbocycles. The number of hydrogen-bond acceptors (Lipinski definition) is 3. The van der Waals surface area contributed by atoms with E-state index in [2.05, 4.69) is 0 Å². The second kappa shape index (κ2) is 5.69. The monoisotopic (exact) mass is 247 g/mol. The number of carbonyl (C=O) groups excluding carboxylic acids is 1. The van der Waals surface area contributed by atoms with Crippen molar-refractivity contribution >= 4 is 12.0 Å². The number of amides is 1. The molecule has 0 bridgehead atoms. The van der Waals surface area contributed by atoms with Crippen molar-refractivity contribution in [2.24, 2.45) is 0 Å². The molecule has 0 saturated carbocycles. The van der Waals surface area contributed by atoms with Crippen molar-refractivity contribution in [2.75, 3.05) is 20.2 Å². The highest BCUT2D eigenvalue weighted by atomic mass is 16.5. The lowest BCUT2D eigenvalue weighted by atomic mass is 10.2. The van der Waals surface area contributed by atoms with Crippen LogP contribution in [0.4, 0.5) is 0 Å². The summed E-state index contributed by atoms with van der Waals surface area (Å²) in [5.41, 5.74) is 0.869. The number of aliphatic hydroxyl groups is 1. The summed E-state index contributed by atoms with van der Waals surface area (Å²) in [6, 6.07) is 7.52. The van der Waals surface area contributed by atoms with Crippen LogP contribution in [-0.4, -0.2) is 42.2 Å².